The van der Waals surface area contributed by atoms with Gasteiger partial charge in [0.2, 0.25) is 0 Å². The molecule has 3 rings (SSSR count). The van der Waals surface area contributed by atoms with Gasteiger partial charge in [-0.3, -0.25) is 9.78 Å². The van der Waals surface area contributed by atoms with Crippen LogP contribution in [-0.2, 0) is 6.54 Å². The Morgan fingerprint density at radius 3 is 2.84 bits per heavy atom. The first kappa shape index (κ1) is 16.8. The molecule has 3 aromatic heterocycles. The Kier molecular flexibility index (Phi) is 4.90. The third-order valence-electron chi connectivity index (χ3n) is 3.78. The summed E-state index contributed by atoms with van der Waals surface area (Å²) in [6.45, 7) is 4.23. The van der Waals surface area contributed by atoms with Gasteiger partial charge in [0, 0.05) is 31.2 Å². The predicted octanol–water partition coefficient (Wildman–Crippen LogP) is 1.74. The molecule has 0 unspecified atom stereocenters. The van der Waals surface area contributed by atoms with E-state index in [2.05, 4.69) is 25.6 Å². The summed E-state index contributed by atoms with van der Waals surface area (Å²) >= 11 is 0. The highest BCUT2D eigenvalue weighted by Gasteiger charge is 2.13. The summed E-state index contributed by atoms with van der Waals surface area (Å²) in [6, 6.07) is 3.43. The van der Waals surface area contributed by atoms with Gasteiger partial charge in [-0.15, -0.1) is 0 Å². The first-order valence-electron chi connectivity index (χ1n) is 8.07. The number of aliphatic hydroxyl groups excluding tert-OH is 1. The molecule has 130 valence electrons. The monoisotopic (exact) mass is 340 g/mol. The van der Waals surface area contributed by atoms with E-state index in [9.17, 15) is 9.90 Å². The van der Waals surface area contributed by atoms with Crippen molar-refractivity contribution in [2.45, 2.75) is 26.4 Å². The lowest BCUT2D eigenvalue weighted by Gasteiger charge is -2.16. The summed E-state index contributed by atoms with van der Waals surface area (Å²) in [5.41, 5.74) is -0.119. The number of hydrogen-bond acceptors (Lipinski definition) is 7. The summed E-state index contributed by atoms with van der Waals surface area (Å²) in [5, 5.41) is 16.8. The van der Waals surface area contributed by atoms with E-state index in [-0.39, 0.29) is 18.2 Å². The minimum Gasteiger partial charge on any atom is -0.394 e. The molecule has 3 aromatic rings. The average molecular weight is 340 g/mol. The van der Waals surface area contributed by atoms with Gasteiger partial charge in [-0.05, 0) is 31.4 Å². The zero-order chi connectivity index (χ0) is 17.8. The van der Waals surface area contributed by atoms with Gasteiger partial charge in [0.15, 0.2) is 0 Å². The van der Waals surface area contributed by atoms with Crippen molar-refractivity contribution in [3.8, 4) is 0 Å². The van der Waals surface area contributed by atoms with E-state index in [1.165, 1.54) is 0 Å². The highest BCUT2D eigenvalue weighted by molar-refractivity contribution is 5.93. The number of anilines is 3. The Labute approximate surface area is 144 Å². The number of aromatic nitrogens is 4. The fourth-order valence-electron chi connectivity index (χ4n) is 2.49. The molecule has 0 aliphatic heterocycles. The molecule has 3 N–H and O–H groups in total. The molecule has 0 aliphatic rings. The normalized spacial score (nSPS) is 12.1. The Hall–Kier alpha value is -3.00. The van der Waals surface area contributed by atoms with E-state index in [0.717, 1.165) is 5.39 Å². The predicted molar refractivity (Wildman–Crippen MR) is 97.2 cm³/mol. The molecule has 0 saturated heterocycles. The average Bonchev–Trinajstić information content (AvgIpc) is 2.62. The number of nitrogens with zero attached hydrogens (tertiary/aromatic N) is 4. The van der Waals surface area contributed by atoms with Gasteiger partial charge in [0.1, 0.15) is 17.5 Å². The van der Waals surface area contributed by atoms with E-state index in [4.69, 9.17) is 0 Å². The second kappa shape index (κ2) is 7.27. The van der Waals surface area contributed by atoms with E-state index in [1.54, 1.807) is 35.4 Å². The van der Waals surface area contributed by atoms with Crippen molar-refractivity contribution >= 4 is 28.2 Å². The Morgan fingerprint density at radius 1 is 1.32 bits per heavy atom. The van der Waals surface area contributed by atoms with Crippen LogP contribution in [0.4, 0.5) is 17.5 Å². The molecular formula is C17H20N6O2. The zero-order valence-corrected chi connectivity index (χ0v) is 14.1. The topological polar surface area (TPSA) is 105 Å². The number of aliphatic hydroxyl groups is 1. The fourth-order valence-corrected chi connectivity index (χ4v) is 2.49. The number of pyridine rings is 2. The number of hydrogen-bond donors (Lipinski definition) is 3. The van der Waals surface area contributed by atoms with Crippen LogP contribution in [-0.4, -0.2) is 37.3 Å². The summed E-state index contributed by atoms with van der Waals surface area (Å²) in [5.74, 6) is 1.52. The van der Waals surface area contributed by atoms with Crippen molar-refractivity contribution in [3.63, 3.8) is 0 Å². The highest BCUT2D eigenvalue weighted by atomic mass is 16.3. The van der Waals surface area contributed by atoms with Gasteiger partial charge in [-0.25, -0.2) is 9.97 Å². The second-order valence-corrected chi connectivity index (χ2v) is 5.67. The van der Waals surface area contributed by atoms with Crippen LogP contribution in [0.1, 0.15) is 13.8 Å². The lowest BCUT2D eigenvalue weighted by atomic mass is 10.2. The van der Waals surface area contributed by atoms with Crippen LogP contribution in [0.2, 0.25) is 0 Å². The molecule has 0 fully saturated rings. The first-order chi connectivity index (χ1) is 12.1. The molecule has 1 atom stereocenters. The van der Waals surface area contributed by atoms with Gasteiger partial charge in [-0.1, -0.05) is 0 Å². The van der Waals surface area contributed by atoms with Crippen LogP contribution in [0.3, 0.4) is 0 Å². The maximum absolute atomic E-state index is 12.7. The molecule has 0 saturated carbocycles. The van der Waals surface area contributed by atoms with Crippen molar-refractivity contribution in [1.82, 2.24) is 19.5 Å². The summed E-state index contributed by atoms with van der Waals surface area (Å²) in [6.07, 6.45) is 6.51. The quantitative estimate of drug-likeness (QED) is 0.628. The van der Waals surface area contributed by atoms with Crippen molar-refractivity contribution in [2.75, 3.05) is 17.2 Å². The van der Waals surface area contributed by atoms with Crippen molar-refractivity contribution in [3.05, 3.63) is 47.3 Å². The van der Waals surface area contributed by atoms with Crippen molar-refractivity contribution < 1.29 is 5.11 Å². The standard InChI is InChI=1S/C17H20N6O2/c1-3-23-7-4-12-8-13(21-14-9-18-5-6-19-14)22-16(15(12)17(23)25)20-11(2)10-24/h4-9,11,24H,3,10H2,1-2H3,(H2,19,20,21,22)/t11-/m0/s1. The fraction of sp³-hybridized carbons (Fsp3) is 0.294. The third-order valence-corrected chi connectivity index (χ3v) is 3.78. The van der Waals surface area contributed by atoms with Crippen LogP contribution >= 0.6 is 0 Å². The van der Waals surface area contributed by atoms with Gasteiger partial charge in [0.25, 0.3) is 5.56 Å². The van der Waals surface area contributed by atoms with Gasteiger partial charge in [-0.2, -0.15) is 0 Å². The van der Waals surface area contributed by atoms with Crippen LogP contribution in [0, 0.1) is 0 Å². The van der Waals surface area contributed by atoms with E-state index < -0.39 is 0 Å². The molecule has 3 heterocycles. The summed E-state index contributed by atoms with van der Waals surface area (Å²) in [4.78, 5) is 25.4. The van der Waals surface area contributed by atoms with Crippen molar-refractivity contribution in [2.24, 2.45) is 0 Å². The molecule has 0 amide bonds. The Morgan fingerprint density at radius 2 is 2.16 bits per heavy atom. The molecule has 0 radical (unpaired) electrons. The van der Waals surface area contributed by atoms with Crippen LogP contribution < -0.4 is 16.2 Å². The van der Waals surface area contributed by atoms with Gasteiger partial charge < -0.3 is 20.3 Å². The second-order valence-electron chi connectivity index (χ2n) is 5.67. The first-order valence-corrected chi connectivity index (χ1v) is 8.07. The third kappa shape index (κ3) is 3.58. The maximum atomic E-state index is 12.7. The van der Waals surface area contributed by atoms with Crippen molar-refractivity contribution in [1.29, 1.82) is 0 Å². The number of fused-ring (bicyclic) bond motifs is 1. The molecule has 0 aromatic carbocycles. The summed E-state index contributed by atoms with van der Waals surface area (Å²) < 4.78 is 1.62. The van der Waals surface area contributed by atoms with Gasteiger partial charge in [0.05, 0.1) is 18.2 Å². The number of nitrogens with one attached hydrogen (secondary N) is 2. The van der Waals surface area contributed by atoms with Crippen LogP contribution in [0.5, 0.6) is 0 Å². The van der Waals surface area contributed by atoms with Crippen LogP contribution in [0.15, 0.2) is 41.7 Å². The minimum absolute atomic E-state index is 0.0697. The highest BCUT2D eigenvalue weighted by Crippen LogP contribution is 2.24. The molecule has 0 spiro atoms. The van der Waals surface area contributed by atoms with Crippen LogP contribution in [0.25, 0.3) is 10.8 Å². The zero-order valence-electron chi connectivity index (χ0n) is 14.1. The maximum Gasteiger partial charge on any atom is 0.262 e. The molecular weight excluding hydrogens is 320 g/mol. The van der Waals surface area contributed by atoms with E-state index in [0.29, 0.717) is 29.4 Å². The largest absolute Gasteiger partial charge is 0.394 e. The van der Waals surface area contributed by atoms with E-state index in [1.807, 2.05) is 19.9 Å². The number of rotatable bonds is 6. The number of aryl methyl sites for hydroxylation is 1. The molecule has 0 bridgehead atoms. The summed E-state index contributed by atoms with van der Waals surface area (Å²) in [7, 11) is 0. The smallest absolute Gasteiger partial charge is 0.262 e. The van der Waals surface area contributed by atoms with Gasteiger partial charge >= 0.3 is 0 Å². The molecule has 25 heavy (non-hydrogen) atoms. The van der Waals surface area contributed by atoms with E-state index >= 15 is 0 Å². The Balaban J connectivity index is 2.13. The lowest BCUT2D eigenvalue weighted by Crippen LogP contribution is -2.24. The SMILES string of the molecule is CCn1ccc2cc(Nc3cnccn3)nc(N[C@@H](C)CO)c2c1=O. The lowest BCUT2D eigenvalue weighted by molar-refractivity contribution is 0.281. The minimum atomic E-state index is -0.239. The Bertz CT molecular complexity index is 926. The molecule has 8 nitrogen and oxygen atoms in total. The molecule has 8 heteroatoms. The molecule has 0 aliphatic carbocycles.